The Labute approximate surface area is 122 Å². The number of esters is 1. The topological polar surface area (TPSA) is 71.9 Å². The quantitative estimate of drug-likeness (QED) is 0.498. The zero-order valence-corrected chi connectivity index (χ0v) is 12.1. The summed E-state index contributed by atoms with van der Waals surface area (Å²) in [6, 6.07) is 1.68. The highest BCUT2D eigenvalue weighted by atomic mass is 35.5. The third-order valence-corrected chi connectivity index (χ3v) is 3.63. The number of carbonyl (C=O) groups is 1. The molecule has 1 N–H and O–H groups in total. The zero-order chi connectivity index (χ0) is 14.7. The van der Waals surface area contributed by atoms with E-state index >= 15 is 0 Å². The monoisotopic (exact) mass is 298 g/mol. The lowest BCUT2D eigenvalue weighted by atomic mass is 9.78. The Morgan fingerprint density at radius 2 is 2.45 bits per heavy atom. The van der Waals surface area contributed by atoms with Crippen molar-refractivity contribution in [2.75, 3.05) is 20.3 Å². The first-order valence-corrected chi connectivity index (χ1v) is 6.71. The van der Waals surface area contributed by atoms with Crippen LogP contribution in [-0.4, -0.2) is 54.1 Å². The van der Waals surface area contributed by atoms with E-state index < -0.39 is 13.0 Å². The predicted octanol–water partition coefficient (Wildman–Crippen LogP) is 1.08. The molecule has 0 radical (unpaired) electrons. The minimum absolute atomic E-state index is 0.0819. The highest BCUT2D eigenvalue weighted by Crippen LogP contribution is 2.23. The Hall–Kier alpha value is -1.31. The summed E-state index contributed by atoms with van der Waals surface area (Å²) in [4.78, 5) is 17.3. The molecule has 2 heterocycles. The molecular weight excluding hydrogens is 282 g/mol. The first-order valence-electron chi connectivity index (χ1n) is 6.33. The van der Waals surface area contributed by atoms with Gasteiger partial charge in [-0.25, -0.2) is 9.78 Å². The molecule has 1 atom stereocenters. The molecule has 1 aliphatic heterocycles. The maximum atomic E-state index is 11.5. The van der Waals surface area contributed by atoms with Gasteiger partial charge in [-0.3, -0.25) is 0 Å². The molecule has 0 saturated carbocycles. The lowest BCUT2D eigenvalue weighted by Gasteiger charge is -2.41. The van der Waals surface area contributed by atoms with Crippen LogP contribution < -0.4 is 4.74 Å². The molecule has 2 rings (SSSR count). The summed E-state index contributed by atoms with van der Waals surface area (Å²) in [5.41, 5.74) is 0.174. The van der Waals surface area contributed by atoms with Gasteiger partial charge < -0.3 is 19.3 Å². The Balaban J connectivity index is 1.98. The molecule has 108 valence electrons. The van der Waals surface area contributed by atoms with Gasteiger partial charge in [0, 0.05) is 6.04 Å². The second-order valence-corrected chi connectivity index (χ2v) is 4.98. The first kappa shape index (κ1) is 15.1. The van der Waals surface area contributed by atoms with Crippen LogP contribution in [0.1, 0.15) is 16.8 Å². The minimum atomic E-state index is -0.554. The Morgan fingerprint density at radius 3 is 3.00 bits per heavy atom. The summed E-state index contributed by atoms with van der Waals surface area (Å²) < 4.78 is 10.2. The summed E-state index contributed by atoms with van der Waals surface area (Å²) in [6.07, 6.45) is 2.43. The van der Waals surface area contributed by atoms with Gasteiger partial charge in [-0.2, -0.15) is 0 Å². The number of nitrogens with zero attached hydrogens (tertiary/aromatic N) is 2. The number of hydrogen-bond acceptors (Lipinski definition) is 6. The van der Waals surface area contributed by atoms with Crippen LogP contribution in [-0.2, 0) is 4.74 Å². The average molecular weight is 299 g/mol. The number of halogens is 1. The van der Waals surface area contributed by atoms with Crippen LogP contribution >= 0.6 is 11.6 Å². The van der Waals surface area contributed by atoms with E-state index in [0.717, 1.165) is 13.0 Å². The van der Waals surface area contributed by atoms with Crippen molar-refractivity contribution in [3.8, 4) is 5.75 Å². The first-order chi connectivity index (χ1) is 9.52. The third kappa shape index (κ3) is 3.23. The van der Waals surface area contributed by atoms with Gasteiger partial charge in [0.1, 0.15) is 23.1 Å². The normalized spacial score (nSPS) is 18.3. The average Bonchev–Trinajstić information content (AvgIpc) is 2.38. The van der Waals surface area contributed by atoms with Crippen LogP contribution in [0.5, 0.6) is 5.75 Å². The second-order valence-electron chi connectivity index (χ2n) is 4.62. The standard InChI is InChI=1S/C12H16BClN2O4/c1-13(18)16-4-3-8(16)7-20-9-5-10(12(17)19-2)11(14)15-6-9/h5-6,8,18H,3-4,7H2,1-2H3/t8-/m0/s1. The number of rotatable bonds is 5. The Morgan fingerprint density at radius 1 is 1.70 bits per heavy atom. The number of ether oxygens (including phenoxy) is 2. The van der Waals surface area contributed by atoms with Crippen molar-refractivity contribution in [3.05, 3.63) is 23.0 Å². The number of methoxy groups -OCH3 is 1. The van der Waals surface area contributed by atoms with Crippen molar-refractivity contribution in [1.29, 1.82) is 0 Å². The van der Waals surface area contributed by atoms with Gasteiger partial charge in [0.25, 0.3) is 0 Å². The molecule has 0 aliphatic carbocycles. The summed E-state index contributed by atoms with van der Waals surface area (Å²) in [6.45, 7) is 3.01. The van der Waals surface area contributed by atoms with Gasteiger partial charge >= 0.3 is 13.0 Å². The molecule has 1 aliphatic rings. The number of hydrogen-bond donors (Lipinski definition) is 1. The molecule has 1 fully saturated rings. The van der Waals surface area contributed by atoms with E-state index in [4.69, 9.17) is 16.3 Å². The third-order valence-electron chi connectivity index (χ3n) is 3.33. The molecule has 1 aromatic heterocycles. The largest absolute Gasteiger partial charge is 0.490 e. The molecule has 0 amide bonds. The van der Waals surface area contributed by atoms with E-state index in [0.29, 0.717) is 12.4 Å². The van der Waals surface area contributed by atoms with E-state index in [-0.39, 0.29) is 16.8 Å². The Kier molecular flexibility index (Phi) is 4.85. The number of carbonyl (C=O) groups excluding carboxylic acids is 1. The van der Waals surface area contributed by atoms with Gasteiger partial charge in [-0.15, -0.1) is 0 Å². The van der Waals surface area contributed by atoms with E-state index in [1.165, 1.54) is 19.4 Å². The van der Waals surface area contributed by atoms with Gasteiger partial charge in [-0.1, -0.05) is 11.6 Å². The van der Waals surface area contributed by atoms with Crippen LogP contribution in [0.4, 0.5) is 0 Å². The van der Waals surface area contributed by atoms with Crippen LogP contribution in [0.25, 0.3) is 0 Å². The van der Waals surface area contributed by atoms with Crippen LogP contribution in [0.3, 0.4) is 0 Å². The Bertz CT molecular complexity index is 500. The highest BCUT2D eigenvalue weighted by Gasteiger charge is 2.33. The van der Waals surface area contributed by atoms with Crippen molar-refractivity contribution in [2.45, 2.75) is 19.3 Å². The van der Waals surface area contributed by atoms with Crippen molar-refractivity contribution in [1.82, 2.24) is 9.79 Å². The van der Waals surface area contributed by atoms with Crippen molar-refractivity contribution < 1.29 is 19.3 Å². The molecule has 20 heavy (non-hydrogen) atoms. The van der Waals surface area contributed by atoms with Crippen molar-refractivity contribution >= 4 is 24.6 Å². The fourth-order valence-electron chi connectivity index (χ4n) is 2.09. The van der Waals surface area contributed by atoms with E-state index in [2.05, 4.69) is 9.72 Å². The van der Waals surface area contributed by atoms with Gasteiger partial charge in [-0.05, 0) is 25.9 Å². The van der Waals surface area contributed by atoms with Crippen LogP contribution in [0.2, 0.25) is 12.0 Å². The van der Waals surface area contributed by atoms with E-state index in [9.17, 15) is 9.82 Å². The van der Waals surface area contributed by atoms with Crippen molar-refractivity contribution in [3.63, 3.8) is 0 Å². The van der Waals surface area contributed by atoms with Crippen molar-refractivity contribution in [2.24, 2.45) is 0 Å². The molecule has 8 heteroatoms. The fourth-order valence-corrected chi connectivity index (χ4v) is 2.27. The summed E-state index contributed by atoms with van der Waals surface area (Å²) >= 11 is 5.83. The maximum Gasteiger partial charge on any atom is 0.376 e. The second kappa shape index (κ2) is 6.43. The predicted molar refractivity (Wildman–Crippen MR) is 75.0 cm³/mol. The number of aromatic nitrogens is 1. The fraction of sp³-hybridized carbons (Fsp3) is 0.500. The zero-order valence-electron chi connectivity index (χ0n) is 11.4. The molecule has 1 aromatic rings. The highest BCUT2D eigenvalue weighted by molar-refractivity contribution is 6.45. The van der Waals surface area contributed by atoms with Crippen LogP contribution in [0.15, 0.2) is 12.3 Å². The SMILES string of the molecule is COC(=O)c1cc(OC[C@@H]2CCN2B(C)O)cnc1Cl. The number of pyridine rings is 1. The van der Waals surface area contributed by atoms with E-state index in [1.54, 1.807) is 6.82 Å². The van der Waals surface area contributed by atoms with Gasteiger partial charge in [0.2, 0.25) is 0 Å². The summed E-state index contributed by atoms with van der Waals surface area (Å²) in [7, 11) is 0.799. The minimum Gasteiger partial charge on any atom is -0.490 e. The molecular formula is C12H16BClN2O4. The molecule has 0 spiro atoms. The van der Waals surface area contributed by atoms with Gasteiger partial charge in [0.15, 0.2) is 0 Å². The summed E-state index contributed by atoms with van der Waals surface area (Å²) in [5, 5.41) is 9.59. The lowest BCUT2D eigenvalue weighted by molar-refractivity contribution is 0.0599. The van der Waals surface area contributed by atoms with Gasteiger partial charge in [0.05, 0.1) is 13.3 Å². The van der Waals surface area contributed by atoms with Crippen LogP contribution in [0, 0.1) is 0 Å². The molecule has 6 nitrogen and oxygen atoms in total. The molecule has 0 bridgehead atoms. The lowest BCUT2D eigenvalue weighted by Crippen LogP contribution is -2.57. The molecule has 0 unspecified atom stereocenters. The maximum absolute atomic E-state index is 11.5. The van der Waals surface area contributed by atoms with E-state index in [1.807, 2.05) is 4.81 Å². The summed E-state index contributed by atoms with van der Waals surface area (Å²) in [5.74, 6) is -0.102. The molecule has 0 aromatic carbocycles. The smallest absolute Gasteiger partial charge is 0.376 e. The molecule has 1 saturated heterocycles.